The highest BCUT2D eigenvalue weighted by Crippen LogP contribution is 2.43. The Labute approximate surface area is 280 Å². The number of hydrogen-bond acceptors (Lipinski definition) is 8. The van der Waals surface area contributed by atoms with Gasteiger partial charge in [-0.05, 0) is 62.9 Å². The number of nitrogens with zero attached hydrogens (tertiary/aromatic N) is 3. The van der Waals surface area contributed by atoms with Crippen molar-refractivity contribution in [2.24, 2.45) is 0 Å². The topological polar surface area (TPSA) is 100.0 Å². The summed E-state index contributed by atoms with van der Waals surface area (Å²) in [6, 6.07) is 16.1. The highest BCUT2D eigenvalue weighted by atomic mass is 35.5. The van der Waals surface area contributed by atoms with Crippen LogP contribution in [-0.4, -0.2) is 70.1 Å². The van der Waals surface area contributed by atoms with Gasteiger partial charge in [0.25, 0.3) is 0 Å². The molecule has 4 aromatic rings. The third-order valence-corrected chi connectivity index (χ3v) is 9.73. The molecule has 1 aliphatic carbocycles. The van der Waals surface area contributed by atoms with E-state index in [0.717, 1.165) is 64.9 Å². The monoisotopic (exact) mass is 662 g/mol. The number of halogens is 2. The first-order chi connectivity index (χ1) is 22.1. The summed E-state index contributed by atoms with van der Waals surface area (Å²) in [5.74, 6) is 1.31. The lowest BCUT2D eigenvalue weighted by molar-refractivity contribution is -0.0393. The maximum atomic E-state index is 10.0. The minimum Gasteiger partial charge on any atom is -0.496 e. The highest BCUT2D eigenvalue weighted by Gasteiger charge is 2.38. The van der Waals surface area contributed by atoms with Gasteiger partial charge in [-0.25, -0.2) is 4.98 Å². The SMILES string of the molecule is COc1cc(-c2nccc(-c3cccc(-c4ccc(CNC5CC(C)(O)C5)c(OC)n4)c3Cl)c2Cl)cc2c1CN(C[C@@H](C)O)CC2. The van der Waals surface area contributed by atoms with Gasteiger partial charge in [-0.15, -0.1) is 0 Å². The van der Waals surface area contributed by atoms with Crippen molar-refractivity contribution in [1.82, 2.24) is 20.2 Å². The number of β-amino-alcohol motifs (C(OH)–C–C–N with tert-alkyl or cyclic N) is 1. The molecule has 1 aliphatic heterocycles. The van der Waals surface area contributed by atoms with Crippen LogP contribution in [0, 0.1) is 0 Å². The second-order valence-corrected chi connectivity index (χ2v) is 13.4. The molecule has 2 aromatic carbocycles. The van der Waals surface area contributed by atoms with E-state index in [1.807, 2.05) is 56.3 Å². The van der Waals surface area contributed by atoms with E-state index in [0.29, 0.717) is 46.9 Å². The van der Waals surface area contributed by atoms with Crippen molar-refractivity contribution in [3.63, 3.8) is 0 Å². The number of fused-ring (bicyclic) bond motifs is 1. The molecule has 1 atom stereocenters. The zero-order valence-corrected chi connectivity index (χ0v) is 28.1. The lowest BCUT2D eigenvalue weighted by atomic mass is 9.77. The zero-order valence-electron chi connectivity index (χ0n) is 26.6. The number of benzene rings is 2. The molecule has 2 aromatic heterocycles. The van der Waals surface area contributed by atoms with Crippen LogP contribution in [0.5, 0.6) is 11.6 Å². The Balaban J connectivity index is 1.29. The third-order valence-electron chi connectivity index (χ3n) is 8.94. The highest BCUT2D eigenvalue weighted by molar-refractivity contribution is 6.39. The number of aromatic nitrogens is 2. The summed E-state index contributed by atoms with van der Waals surface area (Å²) in [4.78, 5) is 11.7. The Morgan fingerprint density at radius 3 is 2.52 bits per heavy atom. The summed E-state index contributed by atoms with van der Waals surface area (Å²) < 4.78 is 11.5. The maximum absolute atomic E-state index is 10.0. The average molecular weight is 664 g/mol. The Hall–Kier alpha value is -3.24. The minimum absolute atomic E-state index is 0.272. The second kappa shape index (κ2) is 13.5. The van der Waals surface area contributed by atoms with E-state index in [2.05, 4.69) is 21.3 Å². The van der Waals surface area contributed by atoms with Gasteiger partial charge in [0.1, 0.15) is 5.75 Å². The van der Waals surface area contributed by atoms with Crippen LogP contribution in [-0.2, 0) is 19.5 Å². The van der Waals surface area contributed by atoms with E-state index in [4.69, 9.17) is 37.7 Å². The fourth-order valence-electron chi connectivity index (χ4n) is 6.66. The van der Waals surface area contributed by atoms with Gasteiger partial charge < -0.3 is 25.0 Å². The molecule has 0 spiro atoms. The molecule has 0 saturated heterocycles. The lowest BCUT2D eigenvalue weighted by Crippen LogP contribution is -2.51. The molecule has 0 bridgehead atoms. The van der Waals surface area contributed by atoms with Gasteiger partial charge in [-0.2, -0.15) is 0 Å². The van der Waals surface area contributed by atoms with E-state index in [-0.39, 0.29) is 12.1 Å². The van der Waals surface area contributed by atoms with Gasteiger partial charge in [0.05, 0.1) is 47.4 Å². The molecule has 6 rings (SSSR count). The number of pyridine rings is 2. The van der Waals surface area contributed by atoms with Crippen LogP contribution in [0.4, 0.5) is 0 Å². The molecule has 8 nitrogen and oxygen atoms in total. The number of aliphatic hydroxyl groups excluding tert-OH is 1. The van der Waals surface area contributed by atoms with Crippen molar-refractivity contribution in [3.8, 4) is 45.3 Å². The first kappa shape index (κ1) is 32.7. The smallest absolute Gasteiger partial charge is 0.218 e. The van der Waals surface area contributed by atoms with Gasteiger partial charge in [-0.1, -0.05) is 47.5 Å². The van der Waals surface area contributed by atoms with Crippen molar-refractivity contribution in [2.45, 2.75) is 63.9 Å². The molecule has 0 unspecified atom stereocenters. The van der Waals surface area contributed by atoms with Gasteiger partial charge in [0.15, 0.2) is 0 Å². The summed E-state index contributed by atoms with van der Waals surface area (Å²) in [6.07, 6.45) is 3.66. The Bertz CT molecular complexity index is 1720. The van der Waals surface area contributed by atoms with E-state index < -0.39 is 5.60 Å². The lowest BCUT2D eigenvalue weighted by Gasteiger charge is -2.41. The first-order valence-corrected chi connectivity index (χ1v) is 16.4. The molecule has 1 fully saturated rings. The Morgan fingerprint density at radius 1 is 1.04 bits per heavy atom. The molecule has 2 aliphatic rings. The normalized spacial score (nSPS) is 20.1. The molecule has 46 heavy (non-hydrogen) atoms. The predicted octanol–water partition coefficient (Wildman–Crippen LogP) is 6.54. The van der Waals surface area contributed by atoms with E-state index in [1.54, 1.807) is 20.4 Å². The van der Waals surface area contributed by atoms with Crippen molar-refractivity contribution in [3.05, 3.63) is 81.5 Å². The van der Waals surface area contributed by atoms with E-state index >= 15 is 0 Å². The van der Waals surface area contributed by atoms with Crippen LogP contribution >= 0.6 is 23.2 Å². The standard InChI is InChI=1S/C36H40Cl2N4O4/c1-21(43)19-42-13-11-22-14-24(15-31(45-3)29(22)20-42)34-33(38)27(10-12-39-34)26-6-5-7-28(32(26)37)30-9-8-23(35(41-30)46-4)18-40-25-16-36(2,44)17-25/h5-10,12,14-15,21,25,40,43-44H,11,13,16-20H2,1-4H3/t21-,25?,36?/m1/s1. The average Bonchev–Trinajstić information content (AvgIpc) is 3.02. The molecule has 0 radical (unpaired) electrons. The molecule has 0 amide bonds. The van der Waals surface area contributed by atoms with Crippen LogP contribution in [0.1, 0.15) is 43.4 Å². The minimum atomic E-state index is -0.583. The Morgan fingerprint density at radius 2 is 1.80 bits per heavy atom. The van der Waals surface area contributed by atoms with Crippen LogP contribution in [0.3, 0.4) is 0 Å². The molecular weight excluding hydrogens is 623 g/mol. The number of rotatable bonds is 10. The number of methoxy groups -OCH3 is 2. The van der Waals surface area contributed by atoms with E-state index in [1.165, 1.54) is 5.56 Å². The van der Waals surface area contributed by atoms with Crippen molar-refractivity contribution < 1.29 is 19.7 Å². The van der Waals surface area contributed by atoms with Crippen molar-refractivity contribution >= 4 is 23.2 Å². The fourth-order valence-corrected chi connectivity index (χ4v) is 7.30. The summed E-state index contributed by atoms with van der Waals surface area (Å²) >= 11 is 14.2. The van der Waals surface area contributed by atoms with Crippen LogP contribution in [0.25, 0.3) is 33.6 Å². The molecule has 1 saturated carbocycles. The molecule has 3 heterocycles. The molecular formula is C36H40Cl2N4O4. The second-order valence-electron chi connectivity index (χ2n) is 12.7. The van der Waals surface area contributed by atoms with Gasteiger partial charge >= 0.3 is 0 Å². The van der Waals surface area contributed by atoms with Gasteiger partial charge in [0, 0.05) is 71.8 Å². The zero-order chi connectivity index (χ0) is 32.6. The number of hydrogen-bond donors (Lipinski definition) is 3. The van der Waals surface area contributed by atoms with Crippen LogP contribution in [0.15, 0.2) is 54.7 Å². The summed E-state index contributed by atoms with van der Waals surface area (Å²) in [7, 11) is 3.29. The summed E-state index contributed by atoms with van der Waals surface area (Å²) in [6.45, 7) is 6.45. The fraction of sp³-hybridized carbons (Fsp3) is 0.389. The van der Waals surface area contributed by atoms with Gasteiger partial charge in [-0.3, -0.25) is 9.88 Å². The van der Waals surface area contributed by atoms with Gasteiger partial charge in [0.2, 0.25) is 5.88 Å². The number of nitrogens with one attached hydrogen (secondary N) is 1. The van der Waals surface area contributed by atoms with Crippen LogP contribution < -0.4 is 14.8 Å². The van der Waals surface area contributed by atoms with E-state index in [9.17, 15) is 10.2 Å². The number of ether oxygens (including phenoxy) is 2. The van der Waals surface area contributed by atoms with Crippen LogP contribution in [0.2, 0.25) is 10.0 Å². The summed E-state index contributed by atoms with van der Waals surface area (Å²) in [5, 5.41) is 24.4. The molecule has 10 heteroatoms. The largest absolute Gasteiger partial charge is 0.496 e. The first-order valence-electron chi connectivity index (χ1n) is 15.6. The third kappa shape index (κ3) is 6.74. The molecule has 242 valence electrons. The molecule has 3 N–H and O–H groups in total. The summed E-state index contributed by atoms with van der Waals surface area (Å²) in [5.41, 5.74) is 7.19. The number of aliphatic hydroxyl groups is 2. The maximum Gasteiger partial charge on any atom is 0.218 e. The quantitative estimate of drug-likeness (QED) is 0.176. The Kier molecular flexibility index (Phi) is 9.57. The van der Waals surface area contributed by atoms with Crippen molar-refractivity contribution in [2.75, 3.05) is 27.3 Å². The predicted molar refractivity (Wildman–Crippen MR) is 183 cm³/mol. The van der Waals surface area contributed by atoms with Crippen molar-refractivity contribution in [1.29, 1.82) is 0 Å².